The SMILES string of the molecule is Cc1ccc(N2CC(C)CC(N)C2)c2cccnc12.Cl. The van der Waals surface area contributed by atoms with Gasteiger partial charge >= 0.3 is 0 Å². The fourth-order valence-electron chi connectivity index (χ4n) is 3.17. The molecule has 0 radical (unpaired) electrons. The molecule has 4 heteroatoms. The van der Waals surface area contributed by atoms with Crippen molar-refractivity contribution >= 4 is 29.0 Å². The number of hydrogen-bond acceptors (Lipinski definition) is 3. The van der Waals surface area contributed by atoms with Crippen LogP contribution in [0, 0.1) is 12.8 Å². The van der Waals surface area contributed by atoms with Gasteiger partial charge in [0.1, 0.15) is 0 Å². The van der Waals surface area contributed by atoms with Crippen LogP contribution in [0.15, 0.2) is 30.5 Å². The summed E-state index contributed by atoms with van der Waals surface area (Å²) in [6, 6.07) is 8.82. The van der Waals surface area contributed by atoms with Crippen LogP contribution < -0.4 is 10.6 Å². The van der Waals surface area contributed by atoms with Crippen LogP contribution in [0.3, 0.4) is 0 Å². The fraction of sp³-hybridized carbons (Fsp3) is 0.438. The van der Waals surface area contributed by atoms with Crippen LogP contribution in [-0.4, -0.2) is 24.1 Å². The van der Waals surface area contributed by atoms with E-state index in [1.165, 1.54) is 16.6 Å². The second-order valence-corrected chi connectivity index (χ2v) is 5.81. The van der Waals surface area contributed by atoms with Crippen LogP contribution in [-0.2, 0) is 0 Å². The van der Waals surface area contributed by atoms with Gasteiger partial charge < -0.3 is 10.6 Å². The molecule has 2 N–H and O–H groups in total. The highest BCUT2D eigenvalue weighted by Gasteiger charge is 2.23. The molecule has 2 atom stereocenters. The van der Waals surface area contributed by atoms with Crippen molar-refractivity contribution in [1.82, 2.24) is 4.98 Å². The first-order valence-electron chi connectivity index (χ1n) is 7.00. The van der Waals surface area contributed by atoms with E-state index < -0.39 is 0 Å². The van der Waals surface area contributed by atoms with Crippen molar-refractivity contribution in [2.45, 2.75) is 26.3 Å². The number of aryl methyl sites for hydroxylation is 1. The van der Waals surface area contributed by atoms with Crippen molar-refractivity contribution in [3.05, 3.63) is 36.0 Å². The van der Waals surface area contributed by atoms with Crippen molar-refractivity contribution in [1.29, 1.82) is 0 Å². The number of halogens is 1. The molecule has 3 nitrogen and oxygen atoms in total. The standard InChI is InChI=1S/C16H21N3.ClH/c1-11-8-13(17)10-19(9-11)15-6-5-12(2)16-14(15)4-3-7-18-16;/h3-7,11,13H,8-10,17H2,1-2H3;1H. The van der Waals surface area contributed by atoms with Gasteiger partial charge in [-0.25, -0.2) is 0 Å². The zero-order chi connectivity index (χ0) is 13.4. The number of pyridine rings is 1. The minimum Gasteiger partial charge on any atom is -0.369 e. The van der Waals surface area contributed by atoms with Crippen molar-refractivity contribution in [2.24, 2.45) is 11.7 Å². The predicted molar refractivity (Wildman–Crippen MR) is 87.7 cm³/mol. The Bertz CT molecular complexity index is 589. The molecule has 1 aliphatic rings. The van der Waals surface area contributed by atoms with Crippen LogP contribution in [0.5, 0.6) is 0 Å². The molecule has 1 fully saturated rings. The maximum absolute atomic E-state index is 6.17. The summed E-state index contributed by atoms with van der Waals surface area (Å²) in [7, 11) is 0. The monoisotopic (exact) mass is 291 g/mol. The minimum absolute atomic E-state index is 0. The third kappa shape index (κ3) is 2.74. The van der Waals surface area contributed by atoms with Gasteiger partial charge in [-0.1, -0.05) is 13.0 Å². The molecule has 1 aromatic carbocycles. The van der Waals surface area contributed by atoms with Gasteiger partial charge in [0, 0.05) is 36.4 Å². The van der Waals surface area contributed by atoms with E-state index in [1.54, 1.807) is 0 Å². The average molecular weight is 292 g/mol. The summed E-state index contributed by atoms with van der Waals surface area (Å²) < 4.78 is 0. The molecule has 108 valence electrons. The molecule has 0 saturated carbocycles. The van der Waals surface area contributed by atoms with Gasteiger partial charge in [0.25, 0.3) is 0 Å². The molecule has 2 heterocycles. The maximum Gasteiger partial charge on any atom is 0.0751 e. The number of hydrogen-bond donors (Lipinski definition) is 1. The number of nitrogens with two attached hydrogens (primary N) is 1. The molecule has 20 heavy (non-hydrogen) atoms. The molecule has 3 rings (SSSR count). The minimum atomic E-state index is 0. The Balaban J connectivity index is 0.00000147. The van der Waals surface area contributed by atoms with E-state index in [2.05, 4.69) is 41.9 Å². The zero-order valence-electron chi connectivity index (χ0n) is 12.0. The van der Waals surface area contributed by atoms with Crippen LogP contribution >= 0.6 is 12.4 Å². The van der Waals surface area contributed by atoms with Gasteiger partial charge in [-0.15, -0.1) is 12.4 Å². The second-order valence-electron chi connectivity index (χ2n) is 5.81. The molecule has 0 amide bonds. The topological polar surface area (TPSA) is 42.1 Å². The normalized spacial score (nSPS) is 22.6. The molecular formula is C16H22ClN3. The molecule has 0 spiro atoms. The molecule has 1 aliphatic heterocycles. The quantitative estimate of drug-likeness (QED) is 0.878. The van der Waals surface area contributed by atoms with Crippen LogP contribution in [0.2, 0.25) is 0 Å². The van der Waals surface area contributed by atoms with Gasteiger partial charge in [-0.3, -0.25) is 4.98 Å². The van der Waals surface area contributed by atoms with E-state index in [1.807, 2.05) is 12.3 Å². The number of piperidine rings is 1. The van der Waals surface area contributed by atoms with E-state index in [4.69, 9.17) is 5.73 Å². The Morgan fingerprint density at radius 2 is 2.05 bits per heavy atom. The molecule has 2 aromatic rings. The first kappa shape index (κ1) is 15.1. The highest BCUT2D eigenvalue weighted by atomic mass is 35.5. The molecule has 0 aliphatic carbocycles. The zero-order valence-corrected chi connectivity index (χ0v) is 12.9. The molecule has 1 saturated heterocycles. The largest absolute Gasteiger partial charge is 0.369 e. The number of fused-ring (bicyclic) bond motifs is 1. The Kier molecular flexibility index (Phi) is 4.51. The first-order chi connectivity index (χ1) is 9.15. The van der Waals surface area contributed by atoms with Crippen molar-refractivity contribution in [3.63, 3.8) is 0 Å². The van der Waals surface area contributed by atoms with Crippen LogP contribution in [0.1, 0.15) is 18.9 Å². The fourth-order valence-corrected chi connectivity index (χ4v) is 3.17. The summed E-state index contributed by atoms with van der Waals surface area (Å²) >= 11 is 0. The summed E-state index contributed by atoms with van der Waals surface area (Å²) in [5.74, 6) is 0.650. The summed E-state index contributed by atoms with van der Waals surface area (Å²) in [6.45, 7) is 6.42. The Morgan fingerprint density at radius 1 is 1.25 bits per heavy atom. The lowest BCUT2D eigenvalue weighted by atomic mass is 9.95. The average Bonchev–Trinajstić information content (AvgIpc) is 2.38. The highest BCUT2D eigenvalue weighted by molar-refractivity contribution is 5.93. The summed E-state index contributed by atoms with van der Waals surface area (Å²) in [6.07, 6.45) is 2.99. The van der Waals surface area contributed by atoms with E-state index >= 15 is 0 Å². The maximum atomic E-state index is 6.17. The van der Waals surface area contributed by atoms with Crippen LogP contribution in [0.4, 0.5) is 5.69 Å². The third-order valence-corrected chi connectivity index (χ3v) is 3.98. The molecular weight excluding hydrogens is 270 g/mol. The first-order valence-corrected chi connectivity index (χ1v) is 7.00. The van der Waals surface area contributed by atoms with Crippen molar-refractivity contribution in [2.75, 3.05) is 18.0 Å². The lowest BCUT2D eigenvalue weighted by molar-refractivity contribution is 0.402. The van der Waals surface area contributed by atoms with E-state index in [-0.39, 0.29) is 18.4 Å². The van der Waals surface area contributed by atoms with Crippen LogP contribution in [0.25, 0.3) is 10.9 Å². The molecule has 0 bridgehead atoms. The van der Waals surface area contributed by atoms with Gasteiger partial charge in [0.2, 0.25) is 0 Å². The predicted octanol–water partition coefficient (Wildman–Crippen LogP) is 3.14. The van der Waals surface area contributed by atoms with Gasteiger partial charge in [0.15, 0.2) is 0 Å². The van der Waals surface area contributed by atoms with E-state index in [0.717, 1.165) is 25.0 Å². The number of benzene rings is 1. The number of anilines is 1. The number of rotatable bonds is 1. The van der Waals surface area contributed by atoms with Crippen molar-refractivity contribution < 1.29 is 0 Å². The lowest BCUT2D eigenvalue weighted by Gasteiger charge is -2.37. The Morgan fingerprint density at radius 3 is 2.80 bits per heavy atom. The van der Waals surface area contributed by atoms with Gasteiger partial charge in [0.05, 0.1) is 5.52 Å². The number of aromatic nitrogens is 1. The third-order valence-electron chi connectivity index (χ3n) is 3.98. The van der Waals surface area contributed by atoms with Crippen molar-refractivity contribution in [3.8, 4) is 0 Å². The lowest BCUT2D eigenvalue weighted by Crippen LogP contribution is -2.46. The smallest absolute Gasteiger partial charge is 0.0751 e. The van der Waals surface area contributed by atoms with Gasteiger partial charge in [-0.05, 0) is 43.0 Å². The number of nitrogens with zero attached hydrogens (tertiary/aromatic N) is 2. The summed E-state index contributed by atoms with van der Waals surface area (Å²) in [5, 5.41) is 1.24. The van der Waals surface area contributed by atoms with Gasteiger partial charge in [-0.2, -0.15) is 0 Å². The summed E-state index contributed by atoms with van der Waals surface area (Å²) in [5.41, 5.74) is 9.78. The molecule has 2 unspecified atom stereocenters. The Hall–Kier alpha value is -1.32. The second kappa shape index (κ2) is 5.98. The molecule has 1 aromatic heterocycles. The highest BCUT2D eigenvalue weighted by Crippen LogP contribution is 2.30. The Labute approximate surface area is 126 Å². The van der Waals surface area contributed by atoms with E-state index in [0.29, 0.717) is 5.92 Å². The summed E-state index contributed by atoms with van der Waals surface area (Å²) in [4.78, 5) is 6.94. The van der Waals surface area contributed by atoms with E-state index in [9.17, 15) is 0 Å².